The lowest BCUT2D eigenvalue weighted by atomic mass is 10.0. The molecule has 2 heterocycles. The molecule has 0 aromatic carbocycles. The van der Waals surface area contributed by atoms with E-state index in [0.29, 0.717) is 12.8 Å². The molecule has 0 aromatic heterocycles. The zero-order chi connectivity index (χ0) is 46.8. The van der Waals surface area contributed by atoms with E-state index in [2.05, 4.69) is 105 Å². The van der Waals surface area contributed by atoms with E-state index in [4.69, 9.17) is 18.3 Å². The van der Waals surface area contributed by atoms with Gasteiger partial charge in [0.15, 0.2) is 16.6 Å². The van der Waals surface area contributed by atoms with Crippen molar-refractivity contribution >= 4 is 16.6 Å². The minimum absolute atomic E-state index is 0.0140. The molecule has 2 aliphatic rings. The highest BCUT2D eigenvalue weighted by atomic mass is 28.4. The average molecular weight is 918 g/mol. The van der Waals surface area contributed by atoms with Gasteiger partial charge in [-0.25, -0.2) is 0 Å². The molecule has 2 N–H and O–H groups in total. The monoisotopic (exact) mass is 917 g/mol. The molecule has 2 aliphatic heterocycles. The number of aliphatic hydroxyl groups is 2. The molecule has 6 nitrogen and oxygen atoms in total. The van der Waals surface area contributed by atoms with Crippen LogP contribution in [-0.4, -0.2) is 75.7 Å². The van der Waals surface area contributed by atoms with Crippen LogP contribution >= 0.6 is 0 Å². The van der Waals surface area contributed by atoms with Gasteiger partial charge in [0.1, 0.15) is 12.2 Å². The van der Waals surface area contributed by atoms with Crippen LogP contribution < -0.4 is 0 Å². The van der Waals surface area contributed by atoms with Gasteiger partial charge in [-0.2, -0.15) is 0 Å². The molecule has 63 heavy (non-hydrogen) atoms. The Morgan fingerprint density at radius 1 is 0.460 bits per heavy atom. The van der Waals surface area contributed by atoms with E-state index < -0.39 is 28.8 Å². The Balaban J connectivity index is 1.81. The molecule has 0 aromatic rings. The molecule has 0 radical (unpaired) electrons. The molecule has 2 saturated heterocycles. The van der Waals surface area contributed by atoms with Gasteiger partial charge in [-0.05, 0) is 81.2 Å². The van der Waals surface area contributed by atoms with Crippen molar-refractivity contribution in [2.75, 3.05) is 0 Å². The smallest absolute Gasteiger partial charge is 0.192 e. The third-order valence-electron chi connectivity index (χ3n) is 15.0. The van der Waals surface area contributed by atoms with E-state index in [-0.39, 0.29) is 46.7 Å². The fraction of sp³-hybridized carbons (Fsp3) is 0.927. The van der Waals surface area contributed by atoms with Crippen LogP contribution in [0, 0.1) is 23.7 Å². The number of hydrogen-bond donors (Lipinski definition) is 2. The average Bonchev–Trinajstić information content (AvgIpc) is 3.92. The summed E-state index contributed by atoms with van der Waals surface area (Å²) in [6, 6.07) is 0. The molecule has 0 spiro atoms. The molecule has 2 rings (SSSR count). The van der Waals surface area contributed by atoms with Gasteiger partial charge in [-0.3, -0.25) is 0 Å². The summed E-state index contributed by atoms with van der Waals surface area (Å²) < 4.78 is 27.1. The lowest BCUT2D eigenvalue weighted by Gasteiger charge is -2.41. The first-order valence-corrected chi connectivity index (χ1v) is 32.6. The summed E-state index contributed by atoms with van der Waals surface area (Å²) in [6.45, 7) is 27.8. The number of hydrogen-bond acceptors (Lipinski definition) is 6. The maximum atomic E-state index is 11.0. The normalized spacial score (nSPS) is 21.7. The molecular formula is C55H104O6Si2. The predicted octanol–water partition coefficient (Wildman–Crippen LogP) is 15.4. The van der Waals surface area contributed by atoms with Crippen molar-refractivity contribution < 1.29 is 28.5 Å². The van der Waals surface area contributed by atoms with E-state index >= 15 is 0 Å². The first kappa shape index (κ1) is 58.4. The molecule has 0 unspecified atom stereocenters. The maximum Gasteiger partial charge on any atom is 0.192 e. The SMILES string of the molecule is CCCCCCCCCCCC[C@@H](O[Si](C)(C)C(C)(C)C)[C@H]1CC[C@H]([C@H](O)C#CCCCC#C[C@H](O)[C@H]2CC[C@H]([C@@H](CCCCCCCCCCCC)O[Si](C)(C)C(C)(C)C)O2)O1. The predicted molar refractivity (Wildman–Crippen MR) is 274 cm³/mol. The summed E-state index contributed by atoms with van der Waals surface area (Å²) in [6.07, 6.45) is 32.2. The zero-order valence-corrected chi connectivity index (χ0v) is 45.7. The van der Waals surface area contributed by atoms with Crippen LogP contribution in [0.5, 0.6) is 0 Å². The topological polar surface area (TPSA) is 77.4 Å². The maximum absolute atomic E-state index is 11.0. The van der Waals surface area contributed by atoms with Crippen LogP contribution in [0.4, 0.5) is 0 Å². The standard InChI is InChI=1S/C55H104O6Si2/c1-13-15-17-19-21-23-25-27-32-36-40-52(60-62(9,10)54(3,4)5)50-44-42-48(58-50)46(56)38-34-30-29-31-35-39-47(57)49-43-45-51(59-49)53(61-63(11,12)55(6,7)8)41-37-33-28-26-24-22-20-18-16-14-2/h46-53,56-57H,13-33,36-37,40-45H2,1-12H3/t46-,47+,48-,49-,50-,51-,52-,53-/m1/s1. The van der Waals surface area contributed by atoms with Crippen molar-refractivity contribution in [2.24, 2.45) is 0 Å². The van der Waals surface area contributed by atoms with Crippen LogP contribution in [0.15, 0.2) is 0 Å². The van der Waals surface area contributed by atoms with Gasteiger partial charge >= 0.3 is 0 Å². The summed E-state index contributed by atoms with van der Waals surface area (Å²) in [5, 5.41) is 22.4. The second kappa shape index (κ2) is 31.4. The Hall–Kier alpha value is -0.686. The van der Waals surface area contributed by atoms with Crippen LogP contribution in [0.1, 0.15) is 242 Å². The fourth-order valence-electron chi connectivity index (χ4n) is 8.61. The minimum atomic E-state index is -1.98. The third kappa shape index (κ3) is 23.7. The van der Waals surface area contributed by atoms with Gasteiger partial charge in [0.25, 0.3) is 0 Å². The van der Waals surface area contributed by atoms with Crippen LogP contribution in [-0.2, 0) is 18.3 Å². The van der Waals surface area contributed by atoms with Gasteiger partial charge in [-0.15, -0.1) is 11.8 Å². The summed E-state index contributed by atoms with van der Waals surface area (Å²) in [5.41, 5.74) is 0. The highest BCUT2D eigenvalue weighted by molar-refractivity contribution is 6.74. The Morgan fingerprint density at radius 2 is 0.746 bits per heavy atom. The Kier molecular flexibility index (Phi) is 29.1. The van der Waals surface area contributed by atoms with Crippen molar-refractivity contribution in [3.05, 3.63) is 0 Å². The molecule has 0 bridgehead atoms. The largest absolute Gasteiger partial charge is 0.411 e. The van der Waals surface area contributed by atoms with Gasteiger partial charge in [0, 0.05) is 12.8 Å². The second-order valence-corrected chi connectivity index (χ2v) is 32.3. The van der Waals surface area contributed by atoms with Crippen molar-refractivity contribution in [2.45, 2.75) is 327 Å². The van der Waals surface area contributed by atoms with Gasteiger partial charge in [0.05, 0.1) is 36.6 Å². The van der Waals surface area contributed by atoms with Crippen LogP contribution in [0.25, 0.3) is 0 Å². The first-order valence-electron chi connectivity index (χ1n) is 26.8. The quantitative estimate of drug-likeness (QED) is 0.0398. The molecule has 0 saturated carbocycles. The summed E-state index contributed by atoms with van der Waals surface area (Å²) in [5.74, 6) is 12.6. The number of aliphatic hydroxyl groups excluding tert-OH is 2. The molecular weight excluding hydrogens is 813 g/mol. The highest BCUT2D eigenvalue weighted by Gasteiger charge is 2.44. The van der Waals surface area contributed by atoms with Crippen molar-refractivity contribution in [3.8, 4) is 23.7 Å². The summed E-state index contributed by atoms with van der Waals surface area (Å²) >= 11 is 0. The molecule has 8 heteroatoms. The second-order valence-electron chi connectivity index (χ2n) is 22.7. The number of ether oxygens (including phenoxy) is 2. The van der Waals surface area contributed by atoms with E-state index in [9.17, 15) is 10.2 Å². The number of rotatable bonds is 32. The number of unbranched alkanes of at least 4 members (excludes halogenated alkanes) is 20. The van der Waals surface area contributed by atoms with E-state index in [0.717, 1.165) is 44.9 Å². The molecule has 368 valence electrons. The van der Waals surface area contributed by atoms with E-state index in [1.165, 1.54) is 128 Å². The highest BCUT2D eigenvalue weighted by Crippen LogP contribution is 2.41. The Morgan fingerprint density at radius 3 is 1.05 bits per heavy atom. The molecule has 2 fully saturated rings. The van der Waals surface area contributed by atoms with Gasteiger partial charge < -0.3 is 28.5 Å². The van der Waals surface area contributed by atoms with Crippen molar-refractivity contribution in [1.29, 1.82) is 0 Å². The van der Waals surface area contributed by atoms with Crippen molar-refractivity contribution in [3.63, 3.8) is 0 Å². The Labute approximate surface area is 393 Å². The van der Waals surface area contributed by atoms with Gasteiger partial charge in [0.2, 0.25) is 0 Å². The lowest BCUT2D eigenvalue weighted by Crippen LogP contribution is -2.47. The molecule has 8 atom stereocenters. The molecule has 0 aliphatic carbocycles. The van der Waals surface area contributed by atoms with Gasteiger partial charge in [-0.1, -0.05) is 196 Å². The first-order chi connectivity index (χ1) is 29.8. The van der Waals surface area contributed by atoms with E-state index in [1.807, 2.05) is 0 Å². The van der Waals surface area contributed by atoms with Crippen molar-refractivity contribution in [1.82, 2.24) is 0 Å². The minimum Gasteiger partial charge on any atom is -0.411 e. The molecule has 0 amide bonds. The third-order valence-corrected chi connectivity index (χ3v) is 24.0. The zero-order valence-electron chi connectivity index (χ0n) is 43.7. The summed E-state index contributed by atoms with van der Waals surface area (Å²) in [4.78, 5) is 0. The van der Waals surface area contributed by atoms with E-state index in [1.54, 1.807) is 0 Å². The van der Waals surface area contributed by atoms with Crippen LogP contribution in [0.2, 0.25) is 36.3 Å². The fourth-order valence-corrected chi connectivity index (χ4v) is 11.4. The lowest BCUT2D eigenvalue weighted by molar-refractivity contribution is -0.0600. The Bertz CT molecular complexity index is 1200. The van der Waals surface area contributed by atoms with Crippen LogP contribution in [0.3, 0.4) is 0 Å². The summed E-state index contributed by atoms with van der Waals surface area (Å²) in [7, 11) is -3.95.